The molecule has 2 heterocycles. The van der Waals surface area contributed by atoms with Gasteiger partial charge in [0.15, 0.2) is 0 Å². The van der Waals surface area contributed by atoms with Crippen LogP contribution in [0.15, 0.2) is 53.3 Å². The van der Waals surface area contributed by atoms with Crippen molar-refractivity contribution in [2.45, 2.75) is 18.8 Å². The van der Waals surface area contributed by atoms with Gasteiger partial charge in [0.2, 0.25) is 5.91 Å². The highest BCUT2D eigenvalue weighted by atomic mass is 35.5. The van der Waals surface area contributed by atoms with E-state index < -0.39 is 0 Å². The van der Waals surface area contributed by atoms with Gasteiger partial charge >= 0.3 is 5.69 Å². The molecule has 2 aromatic carbocycles. The Bertz CT molecular complexity index is 1130. The van der Waals surface area contributed by atoms with Gasteiger partial charge in [-0.1, -0.05) is 47.5 Å². The lowest BCUT2D eigenvalue weighted by Gasteiger charge is -2.31. The van der Waals surface area contributed by atoms with Gasteiger partial charge in [0.1, 0.15) is 5.82 Å². The van der Waals surface area contributed by atoms with Crippen molar-refractivity contribution in [1.29, 1.82) is 0 Å². The Hall–Kier alpha value is -2.61. The van der Waals surface area contributed by atoms with Crippen molar-refractivity contribution in [3.63, 3.8) is 0 Å². The zero-order chi connectivity index (χ0) is 22.0. The van der Waals surface area contributed by atoms with Crippen LogP contribution in [0.1, 0.15) is 24.6 Å². The molecule has 1 aliphatic rings. The van der Waals surface area contributed by atoms with Crippen molar-refractivity contribution in [1.82, 2.24) is 19.2 Å². The second-order valence-electron chi connectivity index (χ2n) is 7.64. The number of carbonyl (C=O) groups is 1. The predicted octanol–water partition coefficient (Wildman–Crippen LogP) is 3.70. The normalized spacial score (nSPS) is 15.2. The minimum absolute atomic E-state index is 0.137. The fourth-order valence-electron chi connectivity index (χ4n) is 3.91. The summed E-state index contributed by atoms with van der Waals surface area (Å²) in [6.45, 7) is 1.74. The van der Waals surface area contributed by atoms with E-state index in [4.69, 9.17) is 23.2 Å². The summed E-state index contributed by atoms with van der Waals surface area (Å²) >= 11 is 12.2. The number of rotatable bonds is 5. The van der Waals surface area contributed by atoms with Gasteiger partial charge in [0.25, 0.3) is 0 Å². The Morgan fingerprint density at radius 3 is 2.52 bits per heavy atom. The molecule has 0 atom stereocenters. The fraction of sp³-hybridized carbons (Fsp3) is 0.318. The smallest absolute Gasteiger partial charge is 0.324 e. The van der Waals surface area contributed by atoms with Gasteiger partial charge in [0, 0.05) is 13.0 Å². The summed E-state index contributed by atoms with van der Waals surface area (Å²) in [7, 11) is 1.67. The van der Waals surface area contributed by atoms with Crippen LogP contribution in [0.2, 0.25) is 10.0 Å². The number of benzene rings is 2. The van der Waals surface area contributed by atoms with Crippen LogP contribution in [0.4, 0.5) is 5.69 Å². The summed E-state index contributed by atoms with van der Waals surface area (Å²) in [6.07, 6.45) is 1.63. The van der Waals surface area contributed by atoms with E-state index in [9.17, 15) is 9.59 Å². The number of halogens is 2. The highest BCUT2D eigenvalue weighted by Crippen LogP contribution is 2.30. The van der Waals surface area contributed by atoms with Gasteiger partial charge in [0.05, 0.1) is 28.0 Å². The maximum atomic E-state index is 12.6. The number of para-hydroxylation sites is 1. The van der Waals surface area contributed by atoms with Crippen LogP contribution >= 0.6 is 23.2 Å². The monoisotopic (exact) mass is 459 g/mol. The number of aryl methyl sites for hydroxylation is 1. The molecule has 3 aromatic rings. The molecule has 1 amide bonds. The predicted molar refractivity (Wildman–Crippen MR) is 122 cm³/mol. The third kappa shape index (κ3) is 4.69. The van der Waals surface area contributed by atoms with Crippen molar-refractivity contribution in [3.05, 3.63) is 74.9 Å². The molecule has 162 valence electrons. The van der Waals surface area contributed by atoms with Gasteiger partial charge in [-0.2, -0.15) is 5.10 Å². The van der Waals surface area contributed by atoms with Crippen LogP contribution in [-0.4, -0.2) is 44.8 Å². The fourth-order valence-corrected chi connectivity index (χ4v) is 4.26. The van der Waals surface area contributed by atoms with Gasteiger partial charge in [-0.25, -0.2) is 14.0 Å². The van der Waals surface area contributed by atoms with Crippen molar-refractivity contribution in [3.8, 4) is 5.69 Å². The van der Waals surface area contributed by atoms with E-state index in [0.29, 0.717) is 15.7 Å². The number of likely N-dealkylation sites (tertiary alicyclic amines) is 1. The molecule has 1 fully saturated rings. The molecule has 0 radical (unpaired) electrons. The summed E-state index contributed by atoms with van der Waals surface area (Å²) in [5, 5.41) is 8.08. The number of hydrogen-bond donors (Lipinski definition) is 1. The molecule has 9 heteroatoms. The SMILES string of the molecule is Cn1nc(C2CCN(CC(=O)Nc3cccc(Cl)c3Cl)CC2)n(-c2ccccc2)c1=O. The quantitative estimate of drug-likeness (QED) is 0.631. The first-order chi connectivity index (χ1) is 14.9. The lowest BCUT2D eigenvalue weighted by atomic mass is 9.95. The molecule has 7 nitrogen and oxygen atoms in total. The molecule has 31 heavy (non-hydrogen) atoms. The molecule has 0 spiro atoms. The number of nitrogens with one attached hydrogen (secondary N) is 1. The molecule has 1 aliphatic heterocycles. The topological polar surface area (TPSA) is 72.2 Å². The van der Waals surface area contributed by atoms with E-state index in [1.54, 1.807) is 29.8 Å². The maximum absolute atomic E-state index is 12.6. The molecule has 0 unspecified atom stereocenters. The van der Waals surface area contributed by atoms with E-state index in [0.717, 1.165) is 37.4 Å². The van der Waals surface area contributed by atoms with Crippen molar-refractivity contribution in [2.75, 3.05) is 25.0 Å². The summed E-state index contributed by atoms with van der Waals surface area (Å²) in [5.41, 5.74) is 1.17. The second kappa shape index (κ2) is 9.26. The van der Waals surface area contributed by atoms with Crippen molar-refractivity contribution in [2.24, 2.45) is 7.05 Å². The van der Waals surface area contributed by atoms with Crippen molar-refractivity contribution >= 4 is 34.8 Å². The lowest BCUT2D eigenvalue weighted by molar-refractivity contribution is -0.117. The number of aromatic nitrogens is 3. The second-order valence-corrected chi connectivity index (χ2v) is 8.42. The molecule has 0 bridgehead atoms. The van der Waals surface area contributed by atoms with Gasteiger partial charge in [-0.05, 0) is 50.2 Å². The standard InChI is InChI=1S/C22H23Cl2N5O2/c1-27-22(31)29(16-6-3-2-4-7-16)21(26-27)15-10-12-28(13-11-15)14-19(30)25-18-9-5-8-17(23)20(18)24/h2-9,15H,10-14H2,1H3,(H,25,30). The Morgan fingerprint density at radius 1 is 1.10 bits per heavy atom. The molecule has 0 saturated carbocycles. The minimum atomic E-state index is -0.151. The lowest BCUT2D eigenvalue weighted by Crippen LogP contribution is -2.39. The average molecular weight is 460 g/mol. The van der Waals surface area contributed by atoms with Crippen LogP contribution in [0, 0.1) is 0 Å². The van der Waals surface area contributed by atoms with Crippen LogP contribution in [0.5, 0.6) is 0 Å². The van der Waals surface area contributed by atoms with E-state index in [1.807, 2.05) is 30.3 Å². The van der Waals surface area contributed by atoms with Crippen LogP contribution in [0.3, 0.4) is 0 Å². The Morgan fingerprint density at radius 2 is 1.81 bits per heavy atom. The Balaban J connectivity index is 1.41. The van der Waals surface area contributed by atoms with E-state index in [-0.39, 0.29) is 24.1 Å². The Labute approximate surface area is 190 Å². The van der Waals surface area contributed by atoms with Crippen LogP contribution in [-0.2, 0) is 11.8 Å². The summed E-state index contributed by atoms with van der Waals surface area (Å²) in [4.78, 5) is 27.2. The van der Waals surface area contributed by atoms with Gasteiger partial charge < -0.3 is 5.32 Å². The largest absolute Gasteiger partial charge is 0.350 e. The molecular weight excluding hydrogens is 437 g/mol. The zero-order valence-corrected chi connectivity index (χ0v) is 18.6. The highest BCUT2D eigenvalue weighted by molar-refractivity contribution is 6.44. The summed E-state index contributed by atoms with van der Waals surface area (Å²) in [6, 6.07) is 14.7. The maximum Gasteiger partial charge on any atom is 0.350 e. The number of nitrogens with zero attached hydrogens (tertiary/aromatic N) is 4. The molecule has 1 aromatic heterocycles. The summed E-state index contributed by atoms with van der Waals surface area (Å²) < 4.78 is 3.07. The molecule has 1 saturated heterocycles. The van der Waals surface area contributed by atoms with E-state index >= 15 is 0 Å². The first kappa shape index (κ1) is 21.6. The average Bonchev–Trinajstić information content (AvgIpc) is 3.07. The third-order valence-electron chi connectivity index (χ3n) is 5.51. The molecule has 0 aliphatic carbocycles. The van der Waals surface area contributed by atoms with E-state index in [2.05, 4.69) is 15.3 Å². The van der Waals surface area contributed by atoms with Gasteiger partial charge in [-0.15, -0.1) is 0 Å². The number of piperidine rings is 1. The molecular formula is C22H23Cl2N5O2. The van der Waals surface area contributed by atoms with Crippen molar-refractivity contribution < 1.29 is 4.79 Å². The third-order valence-corrected chi connectivity index (χ3v) is 6.33. The number of hydrogen-bond acceptors (Lipinski definition) is 4. The zero-order valence-electron chi connectivity index (χ0n) is 17.1. The number of carbonyl (C=O) groups excluding carboxylic acids is 1. The highest BCUT2D eigenvalue weighted by Gasteiger charge is 2.27. The Kier molecular flexibility index (Phi) is 6.46. The molecule has 4 rings (SSSR count). The van der Waals surface area contributed by atoms with Crippen LogP contribution in [0.25, 0.3) is 5.69 Å². The summed E-state index contributed by atoms with van der Waals surface area (Å²) in [5.74, 6) is 0.783. The minimum Gasteiger partial charge on any atom is -0.324 e. The number of anilines is 1. The first-order valence-electron chi connectivity index (χ1n) is 10.1. The van der Waals surface area contributed by atoms with Gasteiger partial charge in [-0.3, -0.25) is 9.69 Å². The first-order valence-corrected chi connectivity index (χ1v) is 10.9. The molecule has 1 N–H and O–H groups in total. The number of amides is 1. The van der Waals surface area contributed by atoms with Crippen LogP contribution < -0.4 is 11.0 Å². The van der Waals surface area contributed by atoms with E-state index in [1.165, 1.54) is 4.68 Å².